The molecule has 1 aromatic heterocycles. The lowest BCUT2D eigenvalue weighted by Gasteiger charge is -2.29. The number of aromatic amines is 1. The maximum absolute atomic E-state index is 12.6. The van der Waals surface area contributed by atoms with E-state index in [1.54, 1.807) is 0 Å². The highest BCUT2D eigenvalue weighted by atomic mass is 16.2. The number of fused-ring (bicyclic) bond motifs is 1. The summed E-state index contributed by atoms with van der Waals surface area (Å²) in [6, 6.07) is 0. The number of hydrogen-bond acceptors (Lipinski definition) is 4. The Balaban J connectivity index is 1.32. The van der Waals surface area contributed by atoms with Crippen LogP contribution in [-0.4, -0.2) is 51.9 Å². The first-order valence-corrected chi connectivity index (χ1v) is 10.3. The van der Waals surface area contributed by atoms with Crippen molar-refractivity contribution in [3.8, 4) is 0 Å². The van der Waals surface area contributed by atoms with Crippen LogP contribution in [0, 0.1) is 5.92 Å². The molecule has 6 nitrogen and oxygen atoms in total. The monoisotopic (exact) mass is 358 g/mol. The number of nitrogens with one attached hydrogen (secondary N) is 1. The Labute approximate surface area is 155 Å². The quantitative estimate of drug-likeness (QED) is 0.843. The third kappa shape index (κ3) is 4.34. The zero-order valence-corrected chi connectivity index (χ0v) is 15.6. The van der Waals surface area contributed by atoms with Crippen LogP contribution in [0.25, 0.3) is 0 Å². The van der Waals surface area contributed by atoms with Crippen LogP contribution in [0.3, 0.4) is 0 Å². The summed E-state index contributed by atoms with van der Waals surface area (Å²) in [4.78, 5) is 36.9. The minimum absolute atomic E-state index is 0.00264. The number of carbonyl (C=O) groups is 1. The summed E-state index contributed by atoms with van der Waals surface area (Å²) in [5.41, 5.74) is 1.60. The summed E-state index contributed by atoms with van der Waals surface area (Å²) < 4.78 is 0. The molecule has 3 heterocycles. The number of piperidine rings is 1. The Morgan fingerprint density at radius 3 is 2.73 bits per heavy atom. The molecule has 0 unspecified atom stereocenters. The molecule has 1 aromatic rings. The molecule has 2 fully saturated rings. The standard InChI is InChI=1S/C20H30N4O2/c25-19(5-4-11-23-9-2-1-3-10-23)24-12-8-16-17(14-24)21-18(22-20(16)26)13-15-6-7-15/h15H,1-14H2,(H,21,22,26). The van der Waals surface area contributed by atoms with E-state index in [0.717, 1.165) is 36.5 Å². The van der Waals surface area contributed by atoms with E-state index in [9.17, 15) is 9.59 Å². The topological polar surface area (TPSA) is 69.3 Å². The maximum Gasteiger partial charge on any atom is 0.254 e. The van der Waals surface area contributed by atoms with Crippen LogP contribution in [0.4, 0.5) is 0 Å². The van der Waals surface area contributed by atoms with Crippen molar-refractivity contribution in [3.05, 3.63) is 27.4 Å². The van der Waals surface area contributed by atoms with E-state index in [4.69, 9.17) is 0 Å². The highest BCUT2D eigenvalue weighted by Crippen LogP contribution is 2.31. The second kappa shape index (κ2) is 7.91. The zero-order chi connectivity index (χ0) is 17.9. The first kappa shape index (κ1) is 17.7. The molecule has 0 bridgehead atoms. The SMILES string of the molecule is O=C(CCCN1CCCCC1)N1CCc2c(nc(CC3CC3)[nH]c2=O)C1. The number of nitrogens with zero attached hydrogens (tertiary/aromatic N) is 3. The van der Waals surface area contributed by atoms with Gasteiger partial charge in [-0.25, -0.2) is 4.98 Å². The van der Waals surface area contributed by atoms with Crippen LogP contribution in [0.15, 0.2) is 4.79 Å². The van der Waals surface area contributed by atoms with E-state index in [1.807, 2.05) is 4.90 Å². The molecule has 1 N–H and O–H groups in total. The number of aromatic nitrogens is 2. The van der Waals surface area contributed by atoms with Gasteiger partial charge in [0.1, 0.15) is 5.82 Å². The Morgan fingerprint density at radius 1 is 1.15 bits per heavy atom. The molecule has 2 aliphatic heterocycles. The van der Waals surface area contributed by atoms with Crippen LogP contribution in [0.5, 0.6) is 0 Å². The molecular formula is C20H30N4O2. The predicted octanol–water partition coefficient (Wildman–Crippen LogP) is 1.87. The molecule has 1 saturated carbocycles. The fraction of sp³-hybridized carbons (Fsp3) is 0.750. The molecule has 4 rings (SSSR count). The van der Waals surface area contributed by atoms with Crippen LogP contribution in [0.1, 0.15) is 62.0 Å². The van der Waals surface area contributed by atoms with Crippen LogP contribution in [-0.2, 0) is 24.2 Å². The predicted molar refractivity (Wildman–Crippen MR) is 99.9 cm³/mol. The van der Waals surface area contributed by atoms with Gasteiger partial charge in [0.05, 0.1) is 12.2 Å². The zero-order valence-electron chi connectivity index (χ0n) is 15.6. The molecule has 26 heavy (non-hydrogen) atoms. The Bertz CT molecular complexity index is 704. The van der Waals surface area contributed by atoms with Gasteiger partial charge >= 0.3 is 0 Å². The lowest BCUT2D eigenvalue weighted by Crippen LogP contribution is -2.39. The van der Waals surface area contributed by atoms with Gasteiger partial charge in [-0.15, -0.1) is 0 Å². The number of likely N-dealkylation sites (tertiary alicyclic amines) is 1. The van der Waals surface area contributed by atoms with Gasteiger partial charge in [0.25, 0.3) is 5.56 Å². The number of amides is 1. The first-order valence-electron chi connectivity index (χ1n) is 10.3. The van der Waals surface area contributed by atoms with Crippen molar-refractivity contribution >= 4 is 5.91 Å². The summed E-state index contributed by atoms with van der Waals surface area (Å²) in [5.74, 6) is 1.70. The number of hydrogen-bond donors (Lipinski definition) is 1. The molecule has 0 aromatic carbocycles. The molecule has 3 aliphatic rings. The van der Waals surface area contributed by atoms with E-state index in [1.165, 1.54) is 45.2 Å². The normalized spacial score (nSPS) is 20.8. The van der Waals surface area contributed by atoms with E-state index in [0.29, 0.717) is 31.8 Å². The van der Waals surface area contributed by atoms with Crippen molar-refractivity contribution in [3.63, 3.8) is 0 Å². The number of rotatable bonds is 6. The van der Waals surface area contributed by atoms with Gasteiger partial charge in [0.15, 0.2) is 0 Å². The average Bonchev–Trinajstić information content (AvgIpc) is 3.46. The molecule has 1 saturated heterocycles. The van der Waals surface area contributed by atoms with Gasteiger partial charge in [0, 0.05) is 24.9 Å². The largest absolute Gasteiger partial charge is 0.336 e. The van der Waals surface area contributed by atoms with Crippen molar-refractivity contribution in [1.29, 1.82) is 0 Å². The third-order valence-corrected chi connectivity index (χ3v) is 5.97. The Kier molecular flexibility index (Phi) is 5.38. The summed E-state index contributed by atoms with van der Waals surface area (Å²) in [6.07, 6.45) is 9.43. The van der Waals surface area contributed by atoms with Gasteiger partial charge in [-0.2, -0.15) is 0 Å². The number of H-pyrrole nitrogens is 1. The second-order valence-corrected chi connectivity index (χ2v) is 8.16. The second-order valence-electron chi connectivity index (χ2n) is 8.16. The van der Waals surface area contributed by atoms with Crippen molar-refractivity contribution in [2.24, 2.45) is 5.92 Å². The molecule has 0 radical (unpaired) electrons. The fourth-order valence-electron chi connectivity index (χ4n) is 4.19. The average molecular weight is 358 g/mol. The molecule has 1 amide bonds. The van der Waals surface area contributed by atoms with E-state index in [-0.39, 0.29) is 11.5 Å². The number of carbonyl (C=O) groups excluding carboxylic acids is 1. The fourth-order valence-corrected chi connectivity index (χ4v) is 4.19. The molecule has 1 aliphatic carbocycles. The van der Waals surface area contributed by atoms with E-state index >= 15 is 0 Å². The van der Waals surface area contributed by atoms with Crippen molar-refractivity contribution in [2.45, 2.75) is 64.3 Å². The maximum atomic E-state index is 12.6. The molecule has 142 valence electrons. The van der Waals surface area contributed by atoms with Gasteiger partial charge in [-0.3, -0.25) is 9.59 Å². The Hall–Kier alpha value is -1.69. The lowest BCUT2D eigenvalue weighted by atomic mass is 10.1. The van der Waals surface area contributed by atoms with Crippen molar-refractivity contribution in [2.75, 3.05) is 26.2 Å². The first-order chi connectivity index (χ1) is 12.7. The summed E-state index contributed by atoms with van der Waals surface area (Å²) in [6.45, 7) is 4.53. The molecule has 0 atom stereocenters. The summed E-state index contributed by atoms with van der Waals surface area (Å²) in [5, 5.41) is 0. The van der Waals surface area contributed by atoms with Gasteiger partial charge in [-0.1, -0.05) is 6.42 Å². The molecule has 0 spiro atoms. The summed E-state index contributed by atoms with van der Waals surface area (Å²) >= 11 is 0. The lowest BCUT2D eigenvalue weighted by molar-refractivity contribution is -0.132. The summed E-state index contributed by atoms with van der Waals surface area (Å²) in [7, 11) is 0. The Morgan fingerprint density at radius 2 is 1.96 bits per heavy atom. The van der Waals surface area contributed by atoms with E-state index in [2.05, 4.69) is 14.9 Å². The molecule has 6 heteroatoms. The van der Waals surface area contributed by atoms with Crippen molar-refractivity contribution < 1.29 is 4.79 Å². The van der Waals surface area contributed by atoms with Crippen molar-refractivity contribution in [1.82, 2.24) is 19.8 Å². The van der Waals surface area contributed by atoms with E-state index < -0.39 is 0 Å². The van der Waals surface area contributed by atoms with Gasteiger partial charge < -0.3 is 14.8 Å². The minimum atomic E-state index is 0.00264. The van der Waals surface area contributed by atoms with Gasteiger partial charge in [-0.05, 0) is 64.1 Å². The molecular weight excluding hydrogens is 328 g/mol. The third-order valence-electron chi connectivity index (χ3n) is 5.97. The van der Waals surface area contributed by atoms with Crippen LogP contribution < -0.4 is 5.56 Å². The highest BCUT2D eigenvalue weighted by Gasteiger charge is 2.27. The van der Waals surface area contributed by atoms with Crippen LogP contribution >= 0.6 is 0 Å². The smallest absolute Gasteiger partial charge is 0.254 e. The van der Waals surface area contributed by atoms with Gasteiger partial charge in [0.2, 0.25) is 5.91 Å². The minimum Gasteiger partial charge on any atom is -0.336 e. The highest BCUT2D eigenvalue weighted by molar-refractivity contribution is 5.76. The van der Waals surface area contributed by atoms with Crippen LogP contribution in [0.2, 0.25) is 0 Å².